The average Bonchev–Trinajstić information content (AvgIpc) is 2.92. The zero-order valence-electron chi connectivity index (χ0n) is 22.1. The molecular weight excluding hydrogens is 496 g/mol. The van der Waals surface area contributed by atoms with Gasteiger partial charge in [0, 0.05) is 25.6 Å². The molecule has 1 fully saturated rings. The minimum Gasteiger partial charge on any atom is -0.508 e. The molecule has 39 heavy (non-hydrogen) atoms. The number of oxime groups is 1. The van der Waals surface area contributed by atoms with Gasteiger partial charge in [-0.3, -0.25) is 4.79 Å². The maximum Gasteiger partial charge on any atom is 0.342 e. The van der Waals surface area contributed by atoms with E-state index in [2.05, 4.69) is 29.4 Å². The lowest BCUT2D eigenvalue weighted by molar-refractivity contribution is -0.137. The highest BCUT2D eigenvalue weighted by atomic mass is 16.6. The van der Waals surface area contributed by atoms with Crippen molar-refractivity contribution in [3.63, 3.8) is 0 Å². The van der Waals surface area contributed by atoms with Crippen LogP contribution >= 0.6 is 0 Å². The number of hydrogen-bond acceptors (Lipinski definition) is 7. The Kier molecular flexibility index (Phi) is 10.2. The molecule has 0 saturated carbocycles. The van der Waals surface area contributed by atoms with E-state index in [0.29, 0.717) is 36.7 Å². The van der Waals surface area contributed by atoms with Gasteiger partial charge in [-0.25, -0.2) is 4.79 Å². The summed E-state index contributed by atoms with van der Waals surface area (Å²) in [5.74, 6) is -0.789. The topological polar surface area (TPSA) is 109 Å². The van der Waals surface area contributed by atoms with Crippen molar-refractivity contribution in [2.45, 2.75) is 44.9 Å². The van der Waals surface area contributed by atoms with Gasteiger partial charge in [-0.1, -0.05) is 53.7 Å². The summed E-state index contributed by atoms with van der Waals surface area (Å²) < 4.78 is 5.32. The molecule has 8 heteroatoms. The second-order valence-electron chi connectivity index (χ2n) is 9.92. The van der Waals surface area contributed by atoms with Crippen LogP contribution in [0.3, 0.4) is 0 Å². The van der Waals surface area contributed by atoms with E-state index in [1.165, 1.54) is 11.6 Å². The van der Waals surface area contributed by atoms with E-state index in [4.69, 9.17) is 9.57 Å². The molecule has 2 heterocycles. The van der Waals surface area contributed by atoms with Crippen molar-refractivity contribution >= 4 is 17.6 Å². The Morgan fingerprint density at radius 3 is 2.56 bits per heavy atom. The van der Waals surface area contributed by atoms with Crippen molar-refractivity contribution in [1.82, 2.24) is 4.90 Å². The molecule has 0 aromatic heterocycles. The lowest BCUT2D eigenvalue weighted by Gasteiger charge is -2.31. The molecule has 8 nitrogen and oxygen atoms in total. The number of piperidine rings is 1. The summed E-state index contributed by atoms with van der Waals surface area (Å²) in [5.41, 5.74) is 2.10. The SMILES string of the molecule is O=C1OCC/C=C/CC/C=C/C(=N/OCC(=O)N2CCC(Cc3ccccc3)CC2)Cc2cc(O)cc(O)c21. The normalized spacial score (nSPS) is 19.9. The first-order valence-corrected chi connectivity index (χ1v) is 13.5. The number of carbonyl (C=O) groups is 2. The molecule has 0 aliphatic carbocycles. The highest BCUT2D eigenvalue weighted by molar-refractivity contribution is 6.00. The van der Waals surface area contributed by atoms with Crippen LogP contribution in [0.2, 0.25) is 0 Å². The third-order valence-electron chi connectivity index (χ3n) is 6.96. The molecule has 206 valence electrons. The second kappa shape index (κ2) is 14.2. The standard InChI is InChI=1S/C31H36N2O6/c34-27-20-25-19-26(12-8-3-1-2-4-9-17-38-31(37)30(25)28(35)21-27)32-39-22-29(36)33-15-13-24(14-16-33)18-23-10-6-5-7-11-23/h2,4-8,10-12,20-21,24,34-35H,1,3,9,13-19,22H2/b4-2+,12-8+,32-26-. The number of amides is 1. The van der Waals surface area contributed by atoms with Crippen LogP contribution in [0.15, 0.2) is 71.9 Å². The molecule has 0 unspecified atom stereocenters. The number of likely N-dealkylation sites (tertiary alicyclic amines) is 1. The van der Waals surface area contributed by atoms with Crippen LogP contribution < -0.4 is 0 Å². The number of rotatable bonds is 5. The fourth-order valence-electron chi connectivity index (χ4n) is 4.90. The lowest BCUT2D eigenvalue weighted by atomic mass is 9.90. The number of carbonyl (C=O) groups excluding carboxylic acids is 2. The molecule has 2 aromatic rings. The minimum atomic E-state index is -0.678. The van der Waals surface area contributed by atoms with E-state index in [1.807, 2.05) is 29.2 Å². The van der Waals surface area contributed by atoms with Gasteiger partial charge in [-0.15, -0.1) is 0 Å². The summed E-state index contributed by atoms with van der Waals surface area (Å²) in [5, 5.41) is 24.6. The van der Waals surface area contributed by atoms with Crippen LogP contribution in [0.5, 0.6) is 11.5 Å². The number of esters is 1. The van der Waals surface area contributed by atoms with E-state index in [1.54, 1.807) is 6.08 Å². The quantitative estimate of drug-likeness (QED) is 0.321. The molecule has 1 amide bonds. The number of aromatic hydroxyl groups is 2. The number of phenolic OH excluding ortho intramolecular Hbond substituents is 2. The highest BCUT2D eigenvalue weighted by Crippen LogP contribution is 2.29. The number of allylic oxidation sites excluding steroid dienone is 3. The van der Waals surface area contributed by atoms with Gasteiger partial charge in [0.05, 0.1) is 12.3 Å². The first kappa shape index (κ1) is 28.0. The molecular formula is C31H36N2O6. The smallest absolute Gasteiger partial charge is 0.342 e. The van der Waals surface area contributed by atoms with Crippen molar-refractivity contribution in [3.05, 3.63) is 83.5 Å². The number of hydrogen-bond donors (Lipinski definition) is 2. The van der Waals surface area contributed by atoms with E-state index < -0.39 is 5.97 Å². The van der Waals surface area contributed by atoms with Gasteiger partial charge in [0.2, 0.25) is 0 Å². The number of nitrogens with zero attached hydrogens (tertiary/aromatic N) is 2. The predicted octanol–water partition coefficient (Wildman–Crippen LogP) is 4.95. The molecule has 2 N–H and O–H groups in total. The van der Waals surface area contributed by atoms with Crippen molar-refractivity contribution in [2.75, 3.05) is 26.3 Å². The van der Waals surface area contributed by atoms with Gasteiger partial charge < -0.3 is 24.7 Å². The maximum absolute atomic E-state index is 12.8. The number of fused-ring (bicyclic) bond motifs is 1. The summed E-state index contributed by atoms with van der Waals surface area (Å²) in [6.45, 7) is 1.37. The number of benzene rings is 2. The zero-order chi connectivity index (χ0) is 27.5. The van der Waals surface area contributed by atoms with E-state index in [0.717, 1.165) is 38.2 Å². The van der Waals surface area contributed by atoms with Crippen LogP contribution in [-0.4, -0.2) is 59.0 Å². The Morgan fingerprint density at radius 1 is 1.03 bits per heavy atom. The van der Waals surface area contributed by atoms with Crippen molar-refractivity contribution in [3.8, 4) is 11.5 Å². The third kappa shape index (κ3) is 8.46. The fourth-order valence-corrected chi connectivity index (χ4v) is 4.90. The summed E-state index contributed by atoms with van der Waals surface area (Å²) in [6, 6.07) is 12.9. The van der Waals surface area contributed by atoms with Crippen LogP contribution in [-0.2, 0) is 27.2 Å². The molecule has 1 saturated heterocycles. The van der Waals surface area contributed by atoms with Gasteiger partial charge >= 0.3 is 5.97 Å². The lowest BCUT2D eigenvalue weighted by Crippen LogP contribution is -2.40. The van der Waals surface area contributed by atoms with Crippen molar-refractivity contribution in [2.24, 2.45) is 11.1 Å². The molecule has 0 atom stereocenters. The van der Waals surface area contributed by atoms with Crippen LogP contribution in [0.1, 0.15) is 53.6 Å². The molecule has 2 aliphatic rings. The first-order chi connectivity index (χ1) is 19.0. The first-order valence-electron chi connectivity index (χ1n) is 13.5. The Labute approximate surface area is 229 Å². The van der Waals surface area contributed by atoms with E-state index in [-0.39, 0.29) is 42.6 Å². The summed E-state index contributed by atoms with van der Waals surface area (Å²) in [7, 11) is 0. The van der Waals surface area contributed by atoms with E-state index >= 15 is 0 Å². The Morgan fingerprint density at radius 2 is 1.77 bits per heavy atom. The fraction of sp³-hybridized carbons (Fsp3) is 0.387. The van der Waals surface area contributed by atoms with Gasteiger partial charge in [-0.05, 0) is 67.7 Å². The highest BCUT2D eigenvalue weighted by Gasteiger charge is 2.24. The van der Waals surface area contributed by atoms with Gasteiger partial charge in [0.1, 0.15) is 17.1 Å². The van der Waals surface area contributed by atoms with E-state index in [9.17, 15) is 19.8 Å². The predicted molar refractivity (Wildman–Crippen MR) is 149 cm³/mol. The van der Waals surface area contributed by atoms with Gasteiger partial charge in [0.15, 0.2) is 6.61 Å². The van der Waals surface area contributed by atoms with Crippen LogP contribution in [0, 0.1) is 5.92 Å². The van der Waals surface area contributed by atoms with Gasteiger partial charge in [0.25, 0.3) is 5.91 Å². The average molecular weight is 533 g/mol. The summed E-state index contributed by atoms with van der Waals surface area (Å²) >= 11 is 0. The molecule has 0 bridgehead atoms. The van der Waals surface area contributed by atoms with Gasteiger partial charge in [-0.2, -0.15) is 0 Å². The van der Waals surface area contributed by atoms with Crippen molar-refractivity contribution in [1.29, 1.82) is 0 Å². The second-order valence-corrected chi connectivity index (χ2v) is 9.92. The summed E-state index contributed by atoms with van der Waals surface area (Å²) in [6.07, 6.45) is 12.9. The Bertz CT molecular complexity index is 1210. The summed E-state index contributed by atoms with van der Waals surface area (Å²) in [4.78, 5) is 32.8. The maximum atomic E-state index is 12.8. The monoisotopic (exact) mass is 532 g/mol. The molecule has 4 rings (SSSR count). The molecule has 0 spiro atoms. The van der Waals surface area contributed by atoms with Crippen LogP contribution in [0.4, 0.5) is 0 Å². The Balaban J connectivity index is 1.39. The Hall–Kier alpha value is -4.07. The molecule has 2 aliphatic heterocycles. The number of phenols is 2. The van der Waals surface area contributed by atoms with Crippen LogP contribution in [0.25, 0.3) is 0 Å². The number of ether oxygens (including phenoxy) is 1. The molecule has 2 aromatic carbocycles. The molecule has 0 radical (unpaired) electrons. The number of cyclic esters (lactones) is 1. The van der Waals surface area contributed by atoms with Crippen molar-refractivity contribution < 1.29 is 29.4 Å². The zero-order valence-corrected chi connectivity index (χ0v) is 22.1. The minimum absolute atomic E-state index is 0.0237. The third-order valence-corrected chi connectivity index (χ3v) is 6.96. The largest absolute Gasteiger partial charge is 0.508 e.